The topological polar surface area (TPSA) is 38.3 Å². The van der Waals surface area contributed by atoms with E-state index in [1.807, 2.05) is 0 Å². The molecule has 0 unspecified atom stereocenters. The van der Waals surface area contributed by atoms with Crippen LogP contribution in [0.15, 0.2) is 0 Å². The van der Waals surface area contributed by atoms with Gasteiger partial charge >= 0.3 is 5.97 Å². The Labute approximate surface area is 67.0 Å². The van der Waals surface area contributed by atoms with Crippen LogP contribution in [0.1, 0.15) is 0 Å². The van der Waals surface area contributed by atoms with Crippen LogP contribution >= 0.6 is 24.8 Å². The highest BCUT2D eigenvalue weighted by molar-refractivity contribution is 5.85. The summed E-state index contributed by atoms with van der Waals surface area (Å²) in [6, 6.07) is 0. The maximum atomic E-state index is 10.1. The van der Waals surface area contributed by atoms with Gasteiger partial charge in [-0.2, -0.15) is 0 Å². The molecule has 0 aliphatic heterocycles. The quantitative estimate of drug-likeness (QED) is 0.611. The third-order valence-electron chi connectivity index (χ3n) is 0.549. The SMILES string of the molecule is CNCC(=O)OC.Cl.Cl. The fourth-order valence-corrected chi connectivity index (χ4v) is 0.217. The van der Waals surface area contributed by atoms with Crippen LogP contribution in [0, 0.1) is 0 Å². The van der Waals surface area contributed by atoms with E-state index < -0.39 is 0 Å². The van der Waals surface area contributed by atoms with Gasteiger partial charge in [-0.3, -0.25) is 4.79 Å². The molecule has 0 heterocycles. The molecular weight excluding hydrogens is 165 g/mol. The zero-order valence-corrected chi connectivity index (χ0v) is 6.97. The smallest absolute Gasteiger partial charge is 0.319 e. The van der Waals surface area contributed by atoms with Crippen molar-refractivity contribution in [3.63, 3.8) is 0 Å². The number of methoxy groups -OCH3 is 1. The van der Waals surface area contributed by atoms with Crippen molar-refractivity contribution in [2.24, 2.45) is 0 Å². The number of nitrogens with one attached hydrogen (secondary N) is 1. The summed E-state index contributed by atoms with van der Waals surface area (Å²) in [6.07, 6.45) is 0. The Balaban J connectivity index is -0.000000180. The normalized spacial score (nSPS) is 6.44. The highest BCUT2D eigenvalue weighted by atomic mass is 35.5. The van der Waals surface area contributed by atoms with Gasteiger partial charge in [0.1, 0.15) is 0 Å². The summed E-state index contributed by atoms with van der Waals surface area (Å²) in [5.41, 5.74) is 0. The number of carbonyl (C=O) groups excluding carboxylic acids is 1. The zero-order valence-electron chi connectivity index (χ0n) is 5.34. The first-order chi connectivity index (χ1) is 3.31. The molecule has 5 heteroatoms. The number of esters is 1. The second kappa shape index (κ2) is 10.9. The Kier molecular flexibility index (Phi) is 19.4. The van der Waals surface area contributed by atoms with Crippen LogP contribution in [0.4, 0.5) is 0 Å². The number of ether oxygens (including phenoxy) is 1. The second-order valence-corrected chi connectivity index (χ2v) is 1.11. The molecule has 0 aliphatic rings. The Morgan fingerprint density at radius 1 is 1.56 bits per heavy atom. The van der Waals surface area contributed by atoms with Crippen LogP contribution in [0.2, 0.25) is 0 Å². The van der Waals surface area contributed by atoms with Crippen molar-refractivity contribution in [1.29, 1.82) is 0 Å². The largest absolute Gasteiger partial charge is 0.468 e. The van der Waals surface area contributed by atoms with E-state index >= 15 is 0 Å². The third kappa shape index (κ3) is 11.5. The third-order valence-corrected chi connectivity index (χ3v) is 0.549. The van der Waals surface area contributed by atoms with Crippen molar-refractivity contribution < 1.29 is 9.53 Å². The average Bonchev–Trinajstić information content (AvgIpc) is 1.68. The van der Waals surface area contributed by atoms with Crippen LogP contribution in [0.25, 0.3) is 0 Å². The maximum absolute atomic E-state index is 10.1. The predicted molar refractivity (Wildman–Crippen MR) is 40.4 cm³/mol. The first-order valence-corrected chi connectivity index (χ1v) is 2.02. The van der Waals surface area contributed by atoms with E-state index in [0.717, 1.165) is 0 Å². The van der Waals surface area contributed by atoms with Gasteiger partial charge in [0.05, 0.1) is 13.7 Å². The number of hydrogen-bond donors (Lipinski definition) is 1. The van der Waals surface area contributed by atoms with Gasteiger partial charge in [0.25, 0.3) is 0 Å². The Morgan fingerprint density at radius 3 is 2.11 bits per heavy atom. The molecule has 0 aromatic carbocycles. The van der Waals surface area contributed by atoms with Gasteiger partial charge in [0, 0.05) is 0 Å². The van der Waals surface area contributed by atoms with Gasteiger partial charge in [-0.05, 0) is 7.05 Å². The van der Waals surface area contributed by atoms with Crippen molar-refractivity contribution in [1.82, 2.24) is 5.32 Å². The molecule has 0 aromatic rings. The van der Waals surface area contributed by atoms with E-state index in [0.29, 0.717) is 0 Å². The summed E-state index contributed by atoms with van der Waals surface area (Å²) >= 11 is 0. The maximum Gasteiger partial charge on any atom is 0.319 e. The van der Waals surface area contributed by atoms with E-state index in [-0.39, 0.29) is 37.3 Å². The lowest BCUT2D eigenvalue weighted by atomic mass is 10.7. The van der Waals surface area contributed by atoms with E-state index in [2.05, 4.69) is 10.1 Å². The van der Waals surface area contributed by atoms with E-state index in [1.165, 1.54) is 7.11 Å². The molecule has 0 atom stereocenters. The van der Waals surface area contributed by atoms with Crippen LogP contribution in [-0.4, -0.2) is 26.7 Å². The Morgan fingerprint density at radius 2 is 2.00 bits per heavy atom. The molecule has 0 rings (SSSR count). The minimum atomic E-state index is -0.234. The van der Waals surface area contributed by atoms with Crippen molar-refractivity contribution in [2.45, 2.75) is 0 Å². The monoisotopic (exact) mass is 175 g/mol. The first kappa shape index (κ1) is 16.0. The molecule has 0 saturated carbocycles. The van der Waals surface area contributed by atoms with Gasteiger partial charge in [-0.25, -0.2) is 0 Å². The lowest BCUT2D eigenvalue weighted by Crippen LogP contribution is -2.19. The minimum absolute atomic E-state index is 0. The molecule has 0 amide bonds. The van der Waals surface area contributed by atoms with Gasteiger partial charge in [-0.15, -0.1) is 24.8 Å². The van der Waals surface area contributed by atoms with E-state index in [9.17, 15) is 4.79 Å². The van der Waals surface area contributed by atoms with E-state index in [1.54, 1.807) is 7.05 Å². The minimum Gasteiger partial charge on any atom is -0.468 e. The molecular formula is C4H11Cl2NO2. The van der Waals surface area contributed by atoms with Gasteiger partial charge in [0.15, 0.2) is 0 Å². The number of likely N-dealkylation sites (N-methyl/N-ethyl adjacent to an activating group) is 1. The Hall–Kier alpha value is 0.01000. The van der Waals surface area contributed by atoms with E-state index in [4.69, 9.17) is 0 Å². The lowest BCUT2D eigenvalue weighted by Gasteiger charge is -1.93. The molecule has 0 aromatic heterocycles. The van der Waals surface area contributed by atoms with Crippen molar-refractivity contribution in [3.8, 4) is 0 Å². The lowest BCUT2D eigenvalue weighted by molar-refractivity contribution is -0.139. The number of halogens is 2. The summed E-state index contributed by atoms with van der Waals surface area (Å²) < 4.78 is 4.29. The van der Waals surface area contributed by atoms with Crippen molar-refractivity contribution >= 4 is 30.8 Å². The zero-order chi connectivity index (χ0) is 5.70. The molecule has 0 spiro atoms. The van der Waals surface area contributed by atoms with Crippen LogP contribution in [0.5, 0.6) is 0 Å². The molecule has 1 N–H and O–H groups in total. The number of rotatable bonds is 2. The van der Waals surface area contributed by atoms with Gasteiger partial charge in [0.2, 0.25) is 0 Å². The molecule has 58 valence electrons. The van der Waals surface area contributed by atoms with Gasteiger partial charge < -0.3 is 10.1 Å². The highest BCUT2D eigenvalue weighted by Gasteiger charge is 1.91. The summed E-state index contributed by atoms with van der Waals surface area (Å²) in [7, 11) is 3.05. The summed E-state index contributed by atoms with van der Waals surface area (Å²) in [5.74, 6) is -0.234. The number of hydrogen-bond acceptors (Lipinski definition) is 3. The van der Waals surface area contributed by atoms with Crippen LogP contribution in [0.3, 0.4) is 0 Å². The van der Waals surface area contributed by atoms with Crippen molar-refractivity contribution in [2.75, 3.05) is 20.7 Å². The standard InChI is InChI=1S/C4H9NO2.2ClH/c1-5-3-4(6)7-2;;/h5H,3H2,1-2H3;2*1H. The first-order valence-electron chi connectivity index (χ1n) is 2.02. The molecule has 0 radical (unpaired) electrons. The summed E-state index contributed by atoms with van der Waals surface area (Å²) in [6.45, 7) is 0.288. The fourth-order valence-electron chi connectivity index (χ4n) is 0.217. The number of carbonyl (C=O) groups is 1. The summed E-state index contributed by atoms with van der Waals surface area (Å²) in [5, 5.41) is 2.64. The summed E-state index contributed by atoms with van der Waals surface area (Å²) in [4.78, 5) is 10.1. The highest BCUT2D eigenvalue weighted by Crippen LogP contribution is 1.64. The average molecular weight is 176 g/mol. The molecule has 0 fully saturated rings. The van der Waals surface area contributed by atoms with Crippen LogP contribution in [-0.2, 0) is 9.53 Å². The molecule has 0 aliphatic carbocycles. The second-order valence-electron chi connectivity index (χ2n) is 1.11. The van der Waals surface area contributed by atoms with Crippen LogP contribution < -0.4 is 5.32 Å². The molecule has 0 bridgehead atoms. The predicted octanol–water partition coefficient (Wildman–Crippen LogP) is 0.222. The Bertz CT molecular complexity index is 69.6. The van der Waals surface area contributed by atoms with Gasteiger partial charge in [-0.1, -0.05) is 0 Å². The molecule has 3 nitrogen and oxygen atoms in total. The fraction of sp³-hybridized carbons (Fsp3) is 0.750. The molecule has 9 heavy (non-hydrogen) atoms. The van der Waals surface area contributed by atoms with Crippen molar-refractivity contribution in [3.05, 3.63) is 0 Å². The molecule has 0 saturated heterocycles.